The zero-order valence-corrected chi connectivity index (χ0v) is 7.16. The van der Waals surface area contributed by atoms with Crippen molar-refractivity contribution in [3.63, 3.8) is 0 Å². The van der Waals surface area contributed by atoms with Crippen molar-refractivity contribution in [2.45, 2.75) is 38.2 Å². The number of fused-ring (bicyclic) bond motifs is 5. The fourth-order valence-corrected chi connectivity index (χ4v) is 3.51. The fraction of sp³-hybridized carbons (Fsp3) is 0.900. The normalized spacial score (nSPS) is 50.5. The van der Waals surface area contributed by atoms with Crippen LogP contribution in [0, 0.1) is 17.8 Å². The molecule has 4 unspecified atom stereocenters. The number of hydrogen-bond donors (Lipinski definition) is 0. The summed E-state index contributed by atoms with van der Waals surface area (Å²) in [5, 5.41) is 0. The number of carbonyl (C=O) groups excluding carboxylic acids is 1. The third kappa shape index (κ3) is 0.782. The maximum absolute atomic E-state index is 11.1. The molecule has 0 amide bonds. The van der Waals surface area contributed by atoms with Gasteiger partial charge in [-0.05, 0) is 37.0 Å². The Bertz CT molecular complexity index is 204. The van der Waals surface area contributed by atoms with E-state index >= 15 is 0 Å². The van der Waals surface area contributed by atoms with E-state index in [-0.39, 0.29) is 5.97 Å². The quantitative estimate of drug-likeness (QED) is 0.512. The zero-order chi connectivity index (χ0) is 8.13. The fourth-order valence-electron chi connectivity index (χ4n) is 3.51. The number of esters is 1. The van der Waals surface area contributed by atoms with Crippen LogP contribution in [0.2, 0.25) is 0 Å². The van der Waals surface area contributed by atoms with E-state index in [4.69, 9.17) is 4.74 Å². The number of hydrogen-bond acceptors (Lipinski definition) is 2. The molecule has 3 rings (SSSR count). The molecule has 2 bridgehead atoms. The molecule has 66 valence electrons. The van der Waals surface area contributed by atoms with Crippen LogP contribution in [0.5, 0.6) is 0 Å². The lowest BCUT2D eigenvalue weighted by molar-refractivity contribution is -0.154. The van der Waals surface area contributed by atoms with Crippen molar-refractivity contribution in [2.24, 2.45) is 17.8 Å². The molecule has 0 aromatic heterocycles. The maximum Gasteiger partial charge on any atom is 0.306 e. The summed E-state index contributed by atoms with van der Waals surface area (Å²) in [5.74, 6) is 2.32. The minimum Gasteiger partial charge on any atom is -0.462 e. The van der Waals surface area contributed by atoms with Crippen LogP contribution < -0.4 is 0 Å². The predicted molar refractivity (Wildman–Crippen MR) is 43.4 cm³/mol. The van der Waals surface area contributed by atoms with Gasteiger partial charge in [-0.25, -0.2) is 0 Å². The van der Waals surface area contributed by atoms with Gasteiger partial charge in [0.2, 0.25) is 0 Å². The standard InChI is InChI=1S/C10H14O2/c11-10-5-6-4-9(12-10)8-3-1-2-7(6)8/h6-9H,1-5H2. The third-order valence-electron chi connectivity index (χ3n) is 3.95. The summed E-state index contributed by atoms with van der Waals surface area (Å²) in [5.41, 5.74) is 0. The second-order valence-electron chi connectivity index (χ2n) is 4.49. The monoisotopic (exact) mass is 166 g/mol. The lowest BCUT2D eigenvalue weighted by Gasteiger charge is -2.21. The number of carbonyl (C=O) groups is 1. The lowest BCUT2D eigenvalue weighted by Crippen LogP contribution is -2.25. The molecule has 3 fully saturated rings. The van der Waals surface area contributed by atoms with Crippen LogP contribution in [0.4, 0.5) is 0 Å². The van der Waals surface area contributed by atoms with Gasteiger partial charge in [-0.15, -0.1) is 0 Å². The Morgan fingerprint density at radius 2 is 2.08 bits per heavy atom. The van der Waals surface area contributed by atoms with Crippen molar-refractivity contribution in [3.05, 3.63) is 0 Å². The Hall–Kier alpha value is -0.530. The highest BCUT2D eigenvalue weighted by Crippen LogP contribution is 2.52. The van der Waals surface area contributed by atoms with Gasteiger partial charge in [-0.2, -0.15) is 0 Å². The van der Waals surface area contributed by atoms with E-state index in [9.17, 15) is 4.79 Å². The molecule has 1 heterocycles. The Morgan fingerprint density at radius 3 is 3.00 bits per heavy atom. The van der Waals surface area contributed by atoms with Crippen LogP contribution in [-0.4, -0.2) is 12.1 Å². The van der Waals surface area contributed by atoms with E-state index in [2.05, 4.69) is 0 Å². The average Bonchev–Trinajstić information content (AvgIpc) is 2.56. The van der Waals surface area contributed by atoms with Crippen molar-refractivity contribution < 1.29 is 9.53 Å². The summed E-state index contributed by atoms with van der Waals surface area (Å²) in [6.45, 7) is 0. The van der Waals surface area contributed by atoms with Crippen LogP contribution in [0.15, 0.2) is 0 Å². The largest absolute Gasteiger partial charge is 0.462 e. The highest BCUT2D eigenvalue weighted by molar-refractivity contribution is 5.71. The second-order valence-corrected chi connectivity index (χ2v) is 4.49. The molecule has 2 heteroatoms. The van der Waals surface area contributed by atoms with Crippen LogP contribution in [0.25, 0.3) is 0 Å². The molecule has 0 spiro atoms. The van der Waals surface area contributed by atoms with Gasteiger partial charge in [0.25, 0.3) is 0 Å². The van der Waals surface area contributed by atoms with Crippen LogP contribution >= 0.6 is 0 Å². The van der Waals surface area contributed by atoms with Crippen LogP contribution in [0.3, 0.4) is 0 Å². The van der Waals surface area contributed by atoms with Gasteiger partial charge in [0.15, 0.2) is 0 Å². The first-order chi connectivity index (χ1) is 5.84. The number of rotatable bonds is 0. The van der Waals surface area contributed by atoms with E-state index in [1.54, 1.807) is 0 Å². The molecule has 0 aromatic rings. The van der Waals surface area contributed by atoms with Crippen LogP contribution in [-0.2, 0) is 9.53 Å². The molecule has 2 nitrogen and oxygen atoms in total. The zero-order valence-electron chi connectivity index (χ0n) is 7.16. The van der Waals surface area contributed by atoms with Crippen molar-refractivity contribution in [1.82, 2.24) is 0 Å². The average molecular weight is 166 g/mol. The Balaban J connectivity index is 1.90. The van der Waals surface area contributed by atoms with Gasteiger partial charge in [0.05, 0.1) is 0 Å². The molecule has 0 N–H and O–H groups in total. The molecule has 0 aromatic carbocycles. The first-order valence-electron chi connectivity index (χ1n) is 5.04. The van der Waals surface area contributed by atoms with E-state index in [0.29, 0.717) is 18.4 Å². The van der Waals surface area contributed by atoms with Gasteiger partial charge < -0.3 is 4.74 Å². The van der Waals surface area contributed by atoms with Gasteiger partial charge in [0, 0.05) is 6.42 Å². The van der Waals surface area contributed by atoms with Crippen LogP contribution in [0.1, 0.15) is 32.1 Å². The number of ether oxygens (including phenoxy) is 1. The van der Waals surface area contributed by atoms with Crippen molar-refractivity contribution in [3.8, 4) is 0 Å². The summed E-state index contributed by atoms with van der Waals surface area (Å²) in [6, 6.07) is 0. The SMILES string of the molecule is O=C1CC2CC(O1)C1CCCC21. The van der Waals surface area contributed by atoms with Crippen molar-refractivity contribution >= 4 is 5.97 Å². The summed E-state index contributed by atoms with van der Waals surface area (Å²) >= 11 is 0. The van der Waals surface area contributed by atoms with E-state index in [1.807, 2.05) is 0 Å². The van der Waals surface area contributed by atoms with Gasteiger partial charge in [-0.1, -0.05) is 6.42 Å². The molecule has 1 aliphatic heterocycles. The third-order valence-corrected chi connectivity index (χ3v) is 3.95. The van der Waals surface area contributed by atoms with E-state index < -0.39 is 0 Å². The highest BCUT2D eigenvalue weighted by atomic mass is 16.5. The Labute approximate surface area is 72.3 Å². The molecule has 0 radical (unpaired) electrons. The van der Waals surface area contributed by atoms with Gasteiger partial charge in [0.1, 0.15) is 6.10 Å². The highest BCUT2D eigenvalue weighted by Gasteiger charge is 2.50. The molecule has 4 atom stereocenters. The molecule has 2 saturated carbocycles. The van der Waals surface area contributed by atoms with E-state index in [1.165, 1.54) is 25.7 Å². The Kier molecular flexibility index (Phi) is 1.29. The van der Waals surface area contributed by atoms with Crippen molar-refractivity contribution in [2.75, 3.05) is 0 Å². The molecule has 12 heavy (non-hydrogen) atoms. The molecule has 2 aliphatic carbocycles. The predicted octanol–water partition coefficient (Wildman–Crippen LogP) is 1.74. The summed E-state index contributed by atoms with van der Waals surface area (Å²) in [6.07, 6.45) is 6.20. The molecule has 1 saturated heterocycles. The first kappa shape index (κ1) is 6.93. The minimum atomic E-state index is 0.0608. The first-order valence-corrected chi connectivity index (χ1v) is 5.04. The smallest absolute Gasteiger partial charge is 0.306 e. The van der Waals surface area contributed by atoms with Crippen molar-refractivity contribution in [1.29, 1.82) is 0 Å². The summed E-state index contributed by atoms with van der Waals surface area (Å²) in [4.78, 5) is 11.1. The Morgan fingerprint density at radius 1 is 1.25 bits per heavy atom. The van der Waals surface area contributed by atoms with Gasteiger partial charge in [-0.3, -0.25) is 4.79 Å². The van der Waals surface area contributed by atoms with Gasteiger partial charge >= 0.3 is 5.97 Å². The minimum absolute atomic E-state index is 0.0608. The molecular formula is C10H14O2. The summed E-state index contributed by atoms with van der Waals surface area (Å²) < 4.78 is 5.35. The van der Waals surface area contributed by atoms with E-state index in [0.717, 1.165) is 11.8 Å². The molecule has 3 aliphatic rings. The molecular weight excluding hydrogens is 152 g/mol. The maximum atomic E-state index is 11.1. The second kappa shape index (κ2) is 2.24. The topological polar surface area (TPSA) is 26.3 Å². The summed E-state index contributed by atoms with van der Waals surface area (Å²) in [7, 11) is 0. The lowest BCUT2D eigenvalue weighted by atomic mass is 9.90.